The van der Waals surface area contributed by atoms with Crippen molar-refractivity contribution < 1.29 is 9.47 Å². The van der Waals surface area contributed by atoms with Crippen LogP contribution in [0.5, 0.6) is 11.5 Å². The van der Waals surface area contributed by atoms with Gasteiger partial charge in [-0.05, 0) is 25.0 Å². The summed E-state index contributed by atoms with van der Waals surface area (Å²) in [6, 6.07) is 14.4. The van der Waals surface area contributed by atoms with Crippen molar-refractivity contribution in [2.24, 2.45) is 0 Å². The minimum absolute atomic E-state index is 0.567. The van der Waals surface area contributed by atoms with Gasteiger partial charge in [-0.1, -0.05) is 58.7 Å². The van der Waals surface area contributed by atoms with E-state index in [1.807, 2.05) is 18.2 Å². The molecule has 0 aliphatic heterocycles. The molecule has 0 saturated carbocycles. The molecule has 2 aromatic rings. The molecular formula is C18H21BrO2. The highest BCUT2D eigenvalue weighted by Crippen LogP contribution is 2.27. The Morgan fingerprint density at radius 2 is 1.76 bits per heavy atom. The van der Waals surface area contributed by atoms with Crippen LogP contribution in [0.4, 0.5) is 0 Å². The van der Waals surface area contributed by atoms with Crippen molar-refractivity contribution in [2.45, 2.75) is 32.2 Å². The molecule has 0 aliphatic carbocycles. The standard InChI is InChI=1S/C18H21BrO2/c1-3-10-20-17-9-8-16(12-19)18(11-17)21-13-15-6-4-14(2)5-7-15/h4-9,11H,3,10,12-13H2,1-2H3. The normalized spacial score (nSPS) is 10.4. The Morgan fingerprint density at radius 3 is 2.43 bits per heavy atom. The van der Waals surface area contributed by atoms with E-state index in [-0.39, 0.29) is 0 Å². The largest absolute Gasteiger partial charge is 0.493 e. The SMILES string of the molecule is CCCOc1ccc(CBr)c(OCc2ccc(C)cc2)c1. The third-order valence-corrected chi connectivity index (χ3v) is 3.77. The first-order chi connectivity index (χ1) is 10.2. The highest BCUT2D eigenvalue weighted by molar-refractivity contribution is 9.08. The molecule has 112 valence electrons. The molecule has 0 aromatic heterocycles. The van der Waals surface area contributed by atoms with Gasteiger partial charge in [0.2, 0.25) is 0 Å². The Hall–Kier alpha value is -1.48. The molecule has 2 nitrogen and oxygen atoms in total. The molecule has 21 heavy (non-hydrogen) atoms. The van der Waals surface area contributed by atoms with Gasteiger partial charge in [-0.2, -0.15) is 0 Å². The minimum atomic E-state index is 0.567. The fraction of sp³-hybridized carbons (Fsp3) is 0.333. The van der Waals surface area contributed by atoms with Crippen molar-refractivity contribution in [1.82, 2.24) is 0 Å². The van der Waals surface area contributed by atoms with E-state index in [0.29, 0.717) is 6.61 Å². The summed E-state index contributed by atoms with van der Waals surface area (Å²) in [7, 11) is 0. The maximum absolute atomic E-state index is 5.96. The van der Waals surface area contributed by atoms with E-state index >= 15 is 0 Å². The van der Waals surface area contributed by atoms with Crippen LogP contribution in [-0.4, -0.2) is 6.61 Å². The van der Waals surface area contributed by atoms with E-state index in [9.17, 15) is 0 Å². The first kappa shape index (κ1) is 15.9. The monoisotopic (exact) mass is 348 g/mol. The summed E-state index contributed by atoms with van der Waals surface area (Å²) in [5, 5.41) is 0.768. The van der Waals surface area contributed by atoms with E-state index in [1.165, 1.54) is 11.1 Å². The van der Waals surface area contributed by atoms with Crippen LogP contribution in [-0.2, 0) is 11.9 Å². The molecule has 0 amide bonds. The molecule has 0 fully saturated rings. The van der Waals surface area contributed by atoms with Crippen molar-refractivity contribution in [2.75, 3.05) is 6.61 Å². The van der Waals surface area contributed by atoms with Gasteiger partial charge < -0.3 is 9.47 Å². The number of aryl methyl sites for hydroxylation is 1. The molecule has 0 unspecified atom stereocenters. The van der Waals surface area contributed by atoms with Crippen molar-refractivity contribution in [3.8, 4) is 11.5 Å². The van der Waals surface area contributed by atoms with Gasteiger partial charge in [-0.3, -0.25) is 0 Å². The third kappa shape index (κ3) is 4.78. The quantitative estimate of drug-likeness (QED) is 0.635. The summed E-state index contributed by atoms with van der Waals surface area (Å²) in [6.45, 7) is 5.48. The van der Waals surface area contributed by atoms with Crippen LogP contribution in [0.1, 0.15) is 30.0 Å². The Labute approximate surface area is 135 Å². The molecule has 0 saturated heterocycles. The third-order valence-electron chi connectivity index (χ3n) is 3.17. The van der Waals surface area contributed by atoms with Gasteiger partial charge in [0.15, 0.2) is 0 Å². The first-order valence-corrected chi connectivity index (χ1v) is 8.35. The molecular weight excluding hydrogens is 328 g/mol. The van der Waals surface area contributed by atoms with Gasteiger partial charge in [0.25, 0.3) is 0 Å². The summed E-state index contributed by atoms with van der Waals surface area (Å²) in [4.78, 5) is 0. The zero-order valence-corrected chi connectivity index (χ0v) is 14.2. The Bertz CT molecular complexity index is 564. The molecule has 3 heteroatoms. The van der Waals surface area contributed by atoms with Crippen molar-refractivity contribution in [3.05, 3.63) is 59.2 Å². The van der Waals surface area contributed by atoms with E-state index in [0.717, 1.165) is 35.4 Å². The van der Waals surface area contributed by atoms with Crippen LogP contribution in [0, 0.1) is 6.92 Å². The predicted octanol–water partition coefficient (Wildman–Crippen LogP) is 5.26. The van der Waals surface area contributed by atoms with Crippen molar-refractivity contribution in [1.29, 1.82) is 0 Å². The number of rotatable bonds is 7. The molecule has 0 N–H and O–H groups in total. The van der Waals surface area contributed by atoms with Crippen LogP contribution in [0.2, 0.25) is 0 Å². The van der Waals surface area contributed by atoms with Crippen molar-refractivity contribution >= 4 is 15.9 Å². The molecule has 2 aromatic carbocycles. The van der Waals surface area contributed by atoms with Crippen LogP contribution < -0.4 is 9.47 Å². The lowest BCUT2D eigenvalue weighted by Gasteiger charge is -2.13. The zero-order chi connectivity index (χ0) is 15.1. The predicted molar refractivity (Wildman–Crippen MR) is 90.4 cm³/mol. The number of alkyl halides is 1. The van der Waals surface area contributed by atoms with Crippen molar-refractivity contribution in [3.63, 3.8) is 0 Å². The van der Waals surface area contributed by atoms with Crippen LogP contribution in [0.15, 0.2) is 42.5 Å². The lowest BCUT2D eigenvalue weighted by molar-refractivity contribution is 0.293. The lowest BCUT2D eigenvalue weighted by atomic mass is 10.1. The zero-order valence-electron chi connectivity index (χ0n) is 12.6. The van der Waals surface area contributed by atoms with Crippen LogP contribution in [0.25, 0.3) is 0 Å². The van der Waals surface area contributed by atoms with E-state index < -0.39 is 0 Å². The average Bonchev–Trinajstić information content (AvgIpc) is 2.52. The summed E-state index contributed by atoms with van der Waals surface area (Å²) < 4.78 is 11.6. The number of ether oxygens (including phenoxy) is 2. The van der Waals surface area contributed by atoms with E-state index in [4.69, 9.17) is 9.47 Å². The Morgan fingerprint density at radius 1 is 1.00 bits per heavy atom. The first-order valence-electron chi connectivity index (χ1n) is 7.23. The molecule has 0 atom stereocenters. The summed E-state index contributed by atoms with van der Waals surface area (Å²) in [5.41, 5.74) is 3.56. The van der Waals surface area contributed by atoms with Gasteiger partial charge >= 0.3 is 0 Å². The number of hydrogen-bond donors (Lipinski definition) is 0. The smallest absolute Gasteiger partial charge is 0.127 e. The maximum atomic E-state index is 5.96. The fourth-order valence-electron chi connectivity index (χ4n) is 1.93. The van der Waals surface area contributed by atoms with Crippen LogP contribution >= 0.6 is 15.9 Å². The lowest BCUT2D eigenvalue weighted by Crippen LogP contribution is -2.00. The number of halogens is 1. The second kappa shape index (κ2) is 8.08. The second-order valence-electron chi connectivity index (χ2n) is 5.03. The summed E-state index contributed by atoms with van der Waals surface area (Å²) in [6.07, 6.45) is 1.000. The second-order valence-corrected chi connectivity index (χ2v) is 5.59. The van der Waals surface area contributed by atoms with E-state index in [1.54, 1.807) is 0 Å². The summed E-state index contributed by atoms with van der Waals surface area (Å²) >= 11 is 3.50. The summed E-state index contributed by atoms with van der Waals surface area (Å²) in [5.74, 6) is 1.74. The minimum Gasteiger partial charge on any atom is -0.493 e. The number of benzene rings is 2. The van der Waals surface area contributed by atoms with Crippen LogP contribution in [0.3, 0.4) is 0 Å². The van der Waals surface area contributed by atoms with E-state index in [2.05, 4.69) is 54.0 Å². The Kier molecular flexibility index (Phi) is 6.12. The van der Waals surface area contributed by atoms with Gasteiger partial charge in [-0.25, -0.2) is 0 Å². The molecule has 0 spiro atoms. The Balaban J connectivity index is 2.07. The fourth-order valence-corrected chi connectivity index (χ4v) is 2.40. The van der Waals surface area contributed by atoms with Gasteiger partial charge in [0.1, 0.15) is 18.1 Å². The highest BCUT2D eigenvalue weighted by atomic mass is 79.9. The van der Waals surface area contributed by atoms with Gasteiger partial charge in [-0.15, -0.1) is 0 Å². The average molecular weight is 349 g/mol. The van der Waals surface area contributed by atoms with Gasteiger partial charge in [0, 0.05) is 17.0 Å². The number of hydrogen-bond acceptors (Lipinski definition) is 2. The topological polar surface area (TPSA) is 18.5 Å². The maximum Gasteiger partial charge on any atom is 0.127 e. The molecule has 0 bridgehead atoms. The molecule has 2 rings (SSSR count). The molecule has 0 radical (unpaired) electrons. The molecule has 0 heterocycles. The molecule has 0 aliphatic rings. The highest BCUT2D eigenvalue weighted by Gasteiger charge is 2.06. The van der Waals surface area contributed by atoms with Gasteiger partial charge in [0.05, 0.1) is 6.61 Å².